The highest BCUT2D eigenvalue weighted by Crippen LogP contribution is 2.23. The van der Waals surface area contributed by atoms with Crippen LogP contribution in [0, 0.1) is 5.82 Å². The molecule has 162 valence electrons. The molecule has 3 heterocycles. The minimum atomic E-state index is -0.714. The molecule has 1 unspecified atom stereocenters. The van der Waals surface area contributed by atoms with Gasteiger partial charge < -0.3 is 10.6 Å². The van der Waals surface area contributed by atoms with Crippen molar-refractivity contribution in [3.8, 4) is 11.4 Å². The zero-order valence-electron chi connectivity index (χ0n) is 17.6. The molecule has 2 amide bonds. The van der Waals surface area contributed by atoms with Crippen molar-refractivity contribution in [2.24, 2.45) is 5.73 Å². The van der Waals surface area contributed by atoms with Gasteiger partial charge in [-0.1, -0.05) is 19.8 Å². The van der Waals surface area contributed by atoms with Gasteiger partial charge in [0, 0.05) is 23.8 Å². The first-order valence-electron chi connectivity index (χ1n) is 10.6. The number of rotatable bonds is 4. The summed E-state index contributed by atoms with van der Waals surface area (Å²) in [5, 5.41) is 4.39. The van der Waals surface area contributed by atoms with Crippen molar-refractivity contribution in [1.82, 2.24) is 24.5 Å². The van der Waals surface area contributed by atoms with E-state index in [-0.39, 0.29) is 34.7 Å². The Morgan fingerprint density at radius 2 is 2.00 bits per heavy atom. The smallest absolute Gasteiger partial charge is 0.272 e. The Labute approximate surface area is 179 Å². The highest BCUT2D eigenvalue weighted by atomic mass is 19.1. The largest absolute Gasteiger partial charge is 0.366 e. The van der Waals surface area contributed by atoms with Crippen molar-refractivity contribution >= 4 is 17.6 Å². The molecule has 1 fully saturated rings. The van der Waals surface area contributed by atoms with Crippen LogP contribution in [0.1, 0.15) is 66.1 Å². The van der Waals surface area contributed by atoms with Gasteiger partial charge in [0.1, 0.15) is 11.5 Å². The van der Waals surface area contributed by atoms with Crippen LogP contribution in [-0.2, 0) is 6.42 Å². The SMILES string of the molecule is CCc1cc(C(=O)N2CCCCCC2C)nc2nc(-c3ccc(C(N)=O)cc3F)nn12. The molecule has 8 nitrogen and oxygen atoms in total. The monoisotopic (exact) mass is 424 g/mol. The van der Waals surface area contributed by atoms with Crippen LogP contribution in [0.2, 0.25) is 0 Å². The second-order valence-electron chi connectivity index (χ2n) is 7.89. The number of aromatic nitrogens is 4. The van der Waals surface area contributed by atoms with Crippen molar-refractivity contribution in [3.05, 3.63) is 47.0 Å². The highest BCUT2D eigenvalue weighted by Gasteiger charge is 2.25. The number of primary amides is 1. The van der Waals surface area contributed by atoms with Gasteiger partial charge in [-0.15, -0.1) is 5.10 Å². The van der Waals surface area contributed by atoms with E-state index >= 15 is 0 Å². The molecule has 1 atom stereocenters. The molecule has 1 saturated heterocycles. The van der Waals surface area contributed by atoms with Gasteiger partial charge in [0.05, 0.1) is 5.56 Å². The van der Waals surface area contributed by atoms with Crippen LogP contribution in [-0.4, -0.2) is 48.9 Å². The first kappa shape index (κ1) is 20.9. The van der Waals surface area contributed by atoms with E-state index in [0.29, 0.717) is 18.7 Å². The molecule has 2 N–H and O–H groups in total. The van der Waals surface area contributed by atoms with E-state index in [1.165, 1.54) is 16.6 Å². The molecule has 0 spiro atoms. The predicted molar refractivity (Wildman–Crippen MR) is 113 cm³/mol. The number of carbonyl (C=O) groups is 2. The van der Waals surface area contributed by atoms with Gasteiger partial charge in [0.25, 0.3) is 11.7 Å². The van der Waals surface area contributed by atoms with Gasteiger partial charge in [-0.3, -0.25) is 9.59 Å². The Bertz CT molecular complexity index is 1160. The average molecular weight is 424 g/mol. The second-order valence-corrected chi connectivity index (χ2v) is 7.89. The van der Waals surface area contributed by atoms with Crippen LogP contribution in [0.5, 0.6) is 0 Å². The van der Waals surface area contributed by atoms with Crippen LogP contribution in [0.15, 0.2) is 24.3 Å². The fourth-order valence-corrected chi connectivity index (χ4v) is 3.98. The quantitative estimate of drug-likeness (QED) is 0.693. The van der Waals surface area contributed by atoms with E-state index < -0.39 is 11.7 Å². The number of carbonyl (C=O) groups excluding carboxylic acids is 2. The molecule has 0 aliphatic carbocycles. The van der Waals surface area contributed by atoms with Gasteiger partial charge in [-0.2, -0.15) is 4.98 Å². The third-order valence-corrected chi connectivity index (χ3v) is 5.78. The summed E-state index contributed by atoms with van der Waals surface area (Å²) in [5.41, 5.74) is 6.48. The Morgan fingerprint density at radius 3 is 2.71 bits per heavy atom. The summed E-state index contributed by atoms with van der Waals surface area (Å²) >= 11 is 0. The minimum absolute atomic E-state index is 0.0665. The lowest BCUT2D eigenvalue weighted by atomic mass is 10.1. The zero-order chi connectivity index (χ0) is 22.1. The lowest BCUT2D eigenvalue weighted by Crippen LogP contribution is -2.38. The highest BCUT2D eigenvalue weighted by molar-refractivity contribution is 5.93. The third-order valence-electron chi connectivity index (χ3n) is 5.78. The Kier molecular flexibility index (Phi) is 5.67. The van der Waals surface area contributed by atoms with E-state index in [2.05, 4.69) is 22.0 Å². The van der Waals surface area contributed by atoms with Crippen LogP contribution in [0.25, 0.3) is 17.2 Å². The Balaban J connectivity index is 1.75. The first-order valence-corrected chi connectivity index (χ1v) is 10.6. The molecule has 9 heteroatoms. The van der Waals surface area contributed by atoms with E-state index in [0.717, 1.165) is 37.4 Å². The molecule has 1 aliphatic heterocycles. The number of likely N-dealkylation sites (tertiary alicyclic amines) is 1. The van der Waals surface area contributed by atoms with Crippen molar-refractivity contribution in [2.45, 2.75) is 52.0 Å². The van der Waals surface area contributed by atoms with Crippen LogP contribution < -0.4 is 5.73 Å². The molecular formula is C22H25FN6O2. The average Bonchev–Trinajstić information content (AvgIpc) is 3.06. The molecule has 0 bridgehead atoms. The number of fused-ring (bicyclic) bond motifs is 1. The van der Waals surface area contributed by atoms with Gasteiger partial charge in [-0.25, -0.2) is 13.9 Å². The standard InChI is InChI=1S/C22H25FN6O2/c1-3-15-12-18(21(31)28-10-6-4-5-7-13(28)2)25-22-26-20(27-29(15)22)16-9-8-14(19(24)30)11-17(16)23/h8-9,11-13H,3-7,10H2,1-2H3,(H2,24,30). The van der Waals surface area contributed by atoms with Crippen LogP contribution in [0.4, 0.5) is 4.39 Å². The van der Waals surface area contributed by atoms with Crippen LogP contribution in [0.3, 0.4) is 0 Å². The molecule has 3 aromatic rings. The summed E-state index contributed by atoms with van der Waals surface area (Å²) < 4.78 is 16.1. The van der Waals surface area contributed by atoms with Crippen molar-refractivity contribution in [2.75, 3.05) is 6.54 Å². The third kappa shape index (κ3) is 3.99. The molecule has 31 heavy (non-hydrogen) atoms. The maximum atomic E-state index is 14.6. The first-order chi connectivity index (χ1) is 14.9. The molecule has 1 aliphatic rings. The normalized spacial score (nSPS) is 17.0. The number of hydrogen-bond donors (Lipinski definition) is 1. The molecule has 4 rings (SSSR count). The lowest BCUT2D eigenvalue weighted by Gasteiger charge is -2.26. The number of halogens is 1. The minimum Gasteiger partial charge on any atom is -0.366 e. The van der Waals surface area contributed by atoms with Gasteiger partial charge in [0.15, 0.2) is 5.82 Å². The van der Waals surface area contributed by atoms with Gasteiger partial charge in [-0.05, 0) is 50.5 Å². The van der Waals surface area contributed by atoms with Gasteiger partial charge >= 0.3 is 0 Å². The van der Waals surface area contributed by atoms with E-state index in [9.17, 15) is 14.0 Å². The van der Waals surface area contributed by atoms with E-state index in [1.54, 1.807) is 6.07 Å². The molecule has 1 aromatic carbocycles. The number of nitrogens with two attached hydrogens (primary N) is 1. The van der Waals surface area contributed by atoms with Gasteiger partial charge in [0.2, 0.25) is 5.91 Å². The number of hydrogen-bond acceptors (Lipinski definition) is 5. The Hall–Kier alpha value is -3.36. The maximum Gasteiger partial charge on any atom is 0.272 e. The fourth-order valence-electron chi connectivity index (χ4n) is 3.98. The molecule has 0 radical (unpaired) electrons. The Morgan fingerprint density at radius 1 is 1.19 bits per heavy atom. The zero-order valence-corrected chi connectivity index (χ0v) is 17.6. The number of benzene rings is 1. The summed E-state index contributed by atoms with van der Waals surface area (Å²) in [6, 6.07) is 5.80. The van der Waals surface area contributed by atoms with Crippen molar-refractivity contribution < 1.29 is 14.0 Å². The summed E-state index contributed by atoms with van der Waals surface area (Å²) in [6.07, 6.45) is 4.79. The molecular weight excluding hydrogens is 399 g/mol. The fraction of sp³-hybridized carbons (Fsp3) is 0.409. The number of aryl methyl sites for hydroxylation is 1. The summed E-state index contributed by atoms with van der Waals surface area (Å²) in [5.74, 6) is -1.12. The second kappa shape index (κ2) is 8.41. The molecule has 0 saturated carbocycles. The van der Waals surface area contributed by atoms with Crippen molar-refractivity contribution in [3.63, 3.8) is 0 Å². The number of nitrogens with zero attached hydrogens (tertiary/aromatic N) is 5. The summed E-state index contributed by atoms with van der Waals surface area (Å²) in [4.78, 5) is 35.2. The predicted octanol–water partition coefficient (Wildman–Crippen LogP) is 3.00. The maximum absolute atomic E-state index is 14.6. The van der Waals surface area contributed by atoms with E-state index in [4.69, 9.17) is 5.73 Å². The number of amides is 2. The van der Waals surface area contributed by atoms with Crippen LogP contribution >= 0.6 is 0 Å². The summed E-state index contributed by atoms with van der Waals surface area (Å²) in [7, 11) is 0. The topological polar surface area (TPSA) is 106 Å². The summed E-state index contributed by atoms with van der Waals surface area (Å²) in [6.45, 7) is 4.72. The van der Waals surface area contributed by atoms with E-state index in [1.807, 2.05) is 11.8 Å². The van der Waals surface area contributed by atoms with Crippen molar-refractivity contribution in [1.29, 1.82) is 0 Å². The lowest BCUT2D eigenvalue weighted by molar-refractivity contribution is 0.0691. The molecule has 2 aromatic heterocycles.